The molecule has 2 fully saturated rings. The van der Waals surface area contributed by atoms with E-state index >= 15 is 0 Å². The van der Waals surface area contributed by atoms with Gasteiger partial charge < -0.3 is 29.7 Å². The Bertz CT molecular complexity index is 699. The highest BCUT2D eigenvalue weighted by atomic mass is 16.7. The number of nitrogens with zero attached hydrogens (tertiary/aromatic N) is 3. The number of rotatable bonds is 6. The molecule has 29 heavy (non-hydrogen) atoms. The summed E-state index contributed by atoms with van der Waals surface area (Å²) in [7, 11) is -0.513. The van der Waals surface area contributed by atoms with E-state index in [0.29, 0.717) is 19.0 Å². The number of nitrogens with one attached hydrogen (secondary N) is 1. The second kappa shape index (κ2) is 8.55. The fourth-order valence-corrected chi connectivity index (χ4v) is 3.51. The van der Waals surface area contributed by atoms with E-state index in [9.17, 15) is 9.90 Å². The molecule has 2 saturated heterocycles. The standard InChI is InChI=1S/C19H31BN4O5/c1-18(2)19(3,4)29-20(28-18)13-9-21-17(22-10-13)23-11-14-7-5-6-8-24(14)16(27)15(26)12-25/h9-10,14-15,25-26H,5-8,11-12H2,1-4H3,(H,21,22,23)/t14-,15+/m0/s1. The van der Waals surface area contributed by atoms with Gasteiger partial charge >= 0.3 is 7.12 Å². The molecule has 0 aliphatic carbocycles. The van der Waals surface area contributed by atoms with Crippen LogP contribution in [0.15, 0.2) is 12.4 Å². The Balaban J connectivity index is 1.59. The Morgan fingerprint density at radius 2 is 1.90 bits per heavy atom. The van der Waals surface area contributed by atoms with Crippen molar-refractivity contribution in [2.45, 2.75) is 70.3 Å². The van der Waals surface area contributed by atoms with Gasteiger partial charge in [-0.3, -0.25) is 4.79 Å². The third-order valence-electron chi connectivity index (χ3n) is 6.06. The van der Waals surface area contributed by atoms with E-state index in [1.165, 1.54) is 0 Å². The molecule has 1 aromatic rings. The number of aliphatic hydroxyl groups is 2. The van der Waals surface area contributed by atoms with Crippen LogP contribution in [0.5, 0.6) is 0 Å². The molecule has 10 heteroatoms. The summed E-state index contributed by atoms with van der Waals surface area (Å²) in [6.45, 7) is 8.45. The maximum Gasteiger partial charge on any atom is 0.498 e. The highest BCUT2D eigenvalue weighted by molar-refractivity contribution is 6.61. The average molecular weight is 406 g/mol. The van der Waals surface area contributed by atoms with Crippen molar-refractivity contribution in [2.24, 2.45) is 0 Å². The summed E-state index contributed by atoms with van der Waals surface area (Å²) in [5.41, 5.74) is -0.107. The van der Waals surface area contributed by atoms with Crippen molar-refractivity contribution in [1.29, 1.82) is 0 Å². The van der Waals surface area contributed by atoms with Gasteiger partial charge in [0, 0.05) is 37.0 Å². The maximum atomic E-state index is 12.3. The van der Waals surface area contributed by atoms with E-state index in [1.54, 1.807) is 17.3 Å². The molecule has 3 rings (SSSR count). The van der Waals surface area contributed by atoms with Gasteiger partial charge in [0.15, 0.2) is 6.10 Å². The molecule has 1 amide bonds. The van der Waals surface area contributed by atoms with Gasteiger partial charge in [-0.15, -0.1) is 0 Å². The summed E-state index contributed by atoms with van der Waals surface area (Å²) in [5.74, 6) is 0.0157. The summed E-state index contributed by atoms with van der Waals surface area (Å²) < 4.78 is 12.0. The van der Waals surface area contributed by atoms with E-state index in [4.69, 9.17) is 14.4 Å². The number of aromatic nitrogens is 2. The molecule has 160 valence electrons. The SMILES string of the molecule is CC1(C)OB(c2cnc(NC[C@@H]3CCCCN3C(=O)[C@H](O)CO)nc2)OC1(C)C. The summed E-state index contributed by atoms with van der Waals surface area (Å²) in [5, 5.41) is 21.9. The van der Waals surface area contributed by atoms with Crippen LogP contribution in [0.4, 0.5) is 5.95 Å². The second-order valence-corrected chi connectivity index (χ2v) is 8.69. The van der Waals surface area contributed by atoms with E-state index in [1.807, 2.05) is 27.7 Å². The Kier molecular flexibility index (Phi) is 6.47. The fraction of sp³-hybridized carbons (Fsp3) is 0.737. The smallest absolute Gasteiger partial charge is 0.399 e. The predicted molar refractivity (Wildman–Crippen MR) is 109 cm³/mol. The number of amides is 1. The molecule has 3 heterocycles. The molecule has 0 bridgehead atoms. The molecule has 9 nitrogen and oxygen atoms in total. The molecule has 3 N–H and O–H groups in total. The Hall–Kier alpha value is -1.75. The van der Waals surface area contributed by atoms with Gasteiger partial charge in [-0.25, -0.2) is 9.97 Å². The quantitative estimate of drug-likeness (QED) is 0.562. The van der Waals surface area contributed by atoms with Crippen molar-refractivity contribution in [2.75, 3.05) is 25.0 Å². The van der Waals surface area contributed by atoms with Crippen molar-refractivity contribution in [3.05, 3.63) is 12.4 Å². The van der Waals surface area contributed by atoms with Crippen LogP contribution in [0.25, 0.3) is 0 Å². The molecule has 0 unspecified atom stereocenters. The van der Waals surface area contributed by atoms with E-state index in [-0.39, 0.29) is 6.04 Å². The number of anilines is 1. The number of hydrogen-bond acceptors (Lipinski definition) is 8. The summed E-state index contributed by atoms with van der Waals surface area (Å²) in [6, 6.07) is -0.0798. The minimum absolute atomic E-state index is 0.0798. The zero-order valence-electron chi connectivity index (χ0n) is 17.6. The first-order valence-corrected chi connectivity index (χ1v) is 10.2. The van der Waals surface area contributed by atoms with Gasteiger partial charge in [-0.05, 0) is 47.0 Å². The number of hydrogen-bond donors (Lipinski definition) is 3. The normalized spacial score (nSPS) is 24.4. The van der Waals surface area contributed by atoms with Crippen LogP contribution in [0.3, 0.4) is 0 Å². The van der Waals surface area contributed by atoms with Crippen LogP contribution < -0.4 is 10.8 Å². The third kappa shape index (κ3) is 4.71. The second-order valence-electron chi connectivity index (χ2n) is 8.69. The highest BCUT2D eigenvalue weighted by Crippen LogP contribution is 2.36. The number of aliphatic hydroxyl groups excluding tert-OH is 2. The molecule has 0 saturated carbocycles. The minimum Gasteiger partial charge on any atom is -0.399 e. The van der Waals surface area contributed by atoms with Gasteiger partial charge in [0.25, 0.3) is 5.91 Å². The van der Waals surface area contributed by atoms with Crippen LogP contribution in [0.2, 0.25) is 0 Å². The average Bonchev–Trinajstić information content (AvgIpc) is 2.93. The van der Waals surface area contributed by atoms with Crippen LogP contribution in [0, 0.1) is 0 Å². The van der Waals surface area contributed by atoms with Gasteiger partial charge in [0.05, 0.1) is 17.8 Å². The first-order valence-electron chi connectivity index (χ1n) is 10.2. The van der Waals surface area contributed by atoms with E-state index in [2.05, 4.69) is 15.3 Å². The molecule has 0 spiro atoms. The lowest BCUT2D eigenvalue weighted by Gasteiger charge is -2.36. The van der Waals surface area contributed by atoms with Crippen molar-refractivity contribution < 1.29 is 24.3 Å². The zero-order valence-corrected chi connectivity index (χ0v) is 17.6. The van der Waals surface area contributed by atoms with Crippen LogP contribution in [0.1, 0.15) is 47.0 Å². The summed E-state index contributed by atoms with van der Waals surface area (Å²) >= 11 is 0. The minimum atomic E-state index is -1.37. The lowest BCUT2D eigenvalue weighted by Crippen LogP contribution is -2.51. The first-order chi connectivity index (χ1) is 13.6. The van der Waals surface area contributed by atoms with E-state index in [0.717, 1.165) is 24.7 Å². The molecule has 1 aromatic heterocycles. The third-order valence-corrected chi connectivity index (χ3v) is 6.06. The highest BCUT2D eigenvalue weighted by Gasteiger charge is 2.52. The molecular formula is C19H31BN4O5. The fourth-order valence-electron chi connectivity index (χ4n) is 3.51. The topological polar surface area (TPSA) is 117 Å². The van der Waals surface area contributed by atoms with Crippen molar-refractivity contribution in [3.63, 3.8) is 0 Å². The number of carbonyl (C=O) groups excluding carboxylic acids is 1. The maximum absolute atomic E-state index is 12.3. The first kappa shape index (κ1) is 22.0. The van der Waals surface area contributed by atoms with Crippen LogP contribution in [-0.4, -0.2) is 81.2 Å². The monoisotopic (exact) mass is 406 g/mol. The molecular weight excluding hydrogens is 375 g/mol. The van der Waals surface area contributed by atoms with Crippen molar-refractivity contribution >= 4 is 24.4 Å². The largest absolute Gasteiger partial charge is 0.498 e. The molecule has 2 aliphatic heterocycles. The summed E-state index contributed by atoms with van der Waals surface area (Å²) in [4.78, 5) is 22.6. The molecule has 2 aliphatic rings. The lowest BCUT2D eigenvalue weighted by atomic mass is 9.81. The molecule has 0 aromatic carbocycles. The van der Waals surface area contributed by atoms with Gasteiger partial charge in [-0.1, -0.05) is 0 Å². The number of likely N-dealkylation sites (tertiary alicyclic amines) is 1. The predicted octanol–water partition coefficient (Wildman–Crippen LogP) is -0.0780. The number of piperidine rings is 1. The molecule has 0 radical (unpaired) electrons. The van der Waals surface area contributed by atoms with Crippen molar-refractivity contribution in [1.82, 2.24) is 14.9 Å². The van der Waals surface area contributed by atoms with Crippen LogP contribution >= 0.6 is 0 Å². The number of carbonyl (C=O) groups is 1. The summed E-state index contributed by atoms with van der Waals surface area (Å²) in [6.07, 6.45) is 4.70. The van der Waals surface area contributed by atoms with Gasteiger partial charge in [-0.2, -0.15) is 0 Å². The Labute approximate surface area is 172 Å². The van der Waals surface area contributed by atoms with Crippen molar-refractivity contribution in [3.8, 4) is 0 Å². The van der Waals surface area contributed by atoms with E-state index < -0.39 is 36.9 Å². The Morgan fingerprint density at radius 3 is 2.48 bits per heavy atom. The van der Waals surface area contributed by atoms with Crippen LogP contribution in [-0.2, 0) is 14.1 Å². The molecule has 2 atom stereocenters. The van der Waals surface area contributed by atoms with Gasteiger partial charge in [0.2, 0.25) is 5.95 Å². The lowest BCUT2D eigenvalue weighted by molar-refractivity contribution is -0.145. The Morgan fingerprint density at radius 1 is 1.28 bits per heavy atom. The van der Waals surface area contributed by atoms with Gasteiger partial charge in [0.1, 0.15) is 0 Å². The zero-order chi connectivity index (χ0) is 21.2.